The van der Waals surface area contributed by atoms with Crippen molar-refractivity contribution in [1.29, 1.82) is 0 Å². The summed E-state index contributed by atoms with van der Waals surface area (Å²) in [6.45, 7) is 5.68. The van der Waals surface area contributed by atoms with E-state index in [9.17, 15) is 18.7 Å². The zero-order valence-corrected chi connectivity index (χ0v) is 16.0. The topological polar surface area (TPSA) is 88.2 Å². The number of aryl methyl sites for hydroxylation is 2. The lowest BCUT2D eigenvalue weighted by atomic mass is 9.92. The van der Waals surface area contributed by atoms with Gasteiger partial charge in [-0.3, -0.25) is 9.25 Å². The molecule has 0 aliphatic heterocycles. The van der Waals surface area contributed by atoms with Crippen molar-refractivity contribution in [3.05, 3.63) is 47.0 Å². The highest BCUT2D eigenvalue weighted by Gasteiger charge is 2.27. The molecule has 2 heterocycles. The molecule has 0 bridgehead atoms. The molecule has 1 aromatic carbocycles. The summed E-state index contributed by atoms with van der Waals surface area (Å²) in [5, 5.41) is 5.15. The van der Waals surface area contributed by atoms with Gasteiger partial charge in [0.1, 0.15) is 5.82 Å². The Morgan fingerprint density at radius 3 is 2.38 bits per heavy atom. The van der Waals surface area contributed by atoms with E-state index in [1.54, 1.807) is 23.9 Å². The predicted octanol–water partition coefficient (Wildman–Crippen LogP) is 3.88. The first-order chi connectivity index (χ1) is 12.1. The number of fused-ring (bicyclic) bond motifs is 1. The van der Waals surface area contributed by atoms with Crippen molar-refractivity contribution in [1.82, 2.24) is 14.8 Å². The van der Waals surface area contributed by atoms with Crippen LogP contribution in [0.3, 0.4) is 0 Å². The van der Waals surface area contributed by atoms with E-state index < -0.39 is 13.8 Å². The number of hydrogen-bond donors (Lipinski definition) is 2. The van der Waals surface area contributed by atoms with Crippen molar-refractivity contribution in [3.8, 4) is 11.1 Å². The number of nitrogens with zero attached hydrogens (tertiary/aromatic N) is 3. The van der Waals surface area contributed by atoms with E-state index in [4.69, 9.17) is 0 Å². The maximum atomic E-state index is 13.4. The quantitative estimate of drug-likeness (QED) is 0.674. The molecule has 0 spiro atoms. The van der Waals surface area contributed by atoms with Crippen LogP contribution in [0.25, 0.3) is 22.2 Å². The molecule has 0 aliphatic rings. The number of halogens is 1. The first-order valence-corrected chi connectivity index (χ1v) is 10.0. The Morgan fingerprint density at radius 1 is 1.23 bits per heavy atom. The maximum Gasteiger partial charge on any atom is 0.330 e. The third-order valence-electron chi connectivity index (χ3n) is 4.32. The van der Waals surface area contributed by atoms with E-state index in [0.29, 0.717) is 33.7 Å². The van der Waals surface area contributed by atoms with Crippen LogP contribution in [0.2, 0.25) is 0 Å². The Kier molecular flexibility index (Phi) is 4.73. The minimum absolute atomic E-state index is 0.0460. The van der Waals surface area contributed by atoms with Crippen molar-refractivity contribution in [2.45, 2.75) is 32.9 Å². The number of benzene rings is 1. The third-order valence-corrected chi connectivity index (χ3v) is 5.05. The molecule has 0 unspecified atom stereocenters. The van der Waals surface area contributed by atoms with Crippen LogP contribution in [0.4, 0.5) is 4.39 Å². The lowest BCUT2D eigenvalue weighted by Crippen LogP contribution is -2.06. The van der Waals surface area contributed by atoms with Crippen molar-refractivity contribution >= 4 is 18.6 Å². The van der Waals surface area contributed by atoms with Crippen LogP contribution < -0.4 is 0 Å². The first-order valence-electron chi connectivity index (χ1n) is 8.25. The summed E-state index contributed by atoms with van der Waals surface area (Å²) in [4.78, 5) is 23.9. The average Bonchev–Trinajstić information content (AvgIpc) is 2.80. The smallest absolute Gasteiger partial charge is 0.324 e. The van der Waals surface area contributed by atoms with Gasteiger partial charge in [-0.25, -0.2) is 9.37 Å². The van der Waals surface area contributed by atoms with E-state index >= 15 is 0 Å². The molecule has 3 rings (SSSR count). The number of rotatable bonds is 4. The second-order valence-corrected chi connectivity index (χ2v) is 8.39. The van der Waals surface area contributed by atoms with E-state index in [1.807, 2.05) is 20.8 Å². The van der Waals surface area contributed by atoms with Gasteiger partial charge in [-0.1, -0.05) is 26.0 Å². The number of aromatic nitrogens is 3. The molecule has 0 amide bonds. The molecule has 0 atom stereocenters. The van der Waals surface area contributed by atoms with Gasteiger partial charge in [0.15, 0.2) is 5.65 Å². The number of hydrogen-bond acceptors (Lipinski definition) is 3. The summed E-state index contributed by atoms with van der Waals surface area (Å²) in [7, 11) is -2.56. The Balaban J connectivity index is 2.48. The highest BCUT2D eigenvalue weighted by Crippen LogP contribution is 2.46. The molecule has 26 heavy (non-hydrogen) atoms. The van der Waals surface area contributed by atoms with E-state index in [2.05, 4.69) is 10.1 Å². The highest BCUT2D eigenvalue weighted by atomic mass is 31.2. The van der Waals surface area contributed by atoms with Gasteiger partial charge in [-0.05, 0) is 36.1 Å². The van der Waals surface area contributed by atoms with Gasteiger partial charge < -0.3 is 9.79 Å². The molecule has 2 N–H and O–H groups in total. The zero-order chi connectivity index (χ0) is 19.2. The second-order valence-electron chi connectivity index (χ2n) is 6.74. The Hall–Kier alpha value is -2.08. The van der Waals surface area contributed by atoms with Crippen LogP contribution in [-0.2, 0) is 17.8 Å². The molecule has 0 fully saturated rings. The fraction of sp³-hybridized carbons (Fsp3) is 0.333. The van der Waals surface area contributed by atoms with Gasteiger partial charge in [0, 0.05) is 18.3 Å². The summed E-state index contributed by atoms with van der Waals surface area (Å²) in [6, 6.07) is 5.90. The highest BCUT2D eigenvalue weighted by molar-refractivity contribution is 7.50. The average molecular weight is 377 g/mol. The Bertz CT molecular complexity index is 1020. The number of pyridine rings is 1. The first kappa shape index (κ1) is 18.7. The fourth-order valence-electron chi connectivity index (χ4n) is 3.31. The molecule has 0 radical (unpaired) electrons. The fourth-order valence-corrected chi connectivity index (χ4v) is 4.04. The van der Waals surface area contributed by atoms with Crippen LogP contribution in [0.1, 0.15) is 36.7 Å². The third kappa shape index (κ3) is 3.43. The van der Waals surface area contributed by atoms with Crippen LogP contribution in [0.15, 0.2) is 24.3 Å². The summed E-state index contributed by atoms with van der Waals surface area (Å²) in [6.07, 6.45) is -0.426. The van der Waals surface area contributed by atoms with Crippen molar-refractivity contribution < 1.29 is 18.7 Å². The van der Waals surface area contributed by atoms with E-state index in [0.717, 1.165) is 5.39 Å². The summed E-state index contributed by atoms with van der Waals surface area (Å²) in [5.74, 6) is -0.419. The van der Waals surface area contributed by atoms with Gasteiger partial charge in [0.25, 0.3) is 0 Å². The molecule has 2 aromatic heterocycles. The molecule has 3 aromatic rings. The normalized spacial score (nSPS) is 12.3. The van der Waals surface area contributed by atoms with Crippen LogP contribution >= 0.6 is 7.60 Å². The summed E-state index contributed by atoms with van der Waals surface area (Å²) < 4.78 is 26.9. The zero-order valence-electron chi connectivity index (χ0n) is 15.1. The Labute approximate surface area is 150 Å². The van der Waals surface area contributed by atoms with Gasteiger partial charge in [-0.15, -0.1) is 0 Å². The largest absolute Gasteiger partial charge is 0.330 e. The SMILES string of the molecule is Cc1nn(C)c2nc(C(C)C)c(CP(=O)(O)O)c(-c3ccc(F)cc3)c12. The lowest BCUT2D eigenvalue weighted by Gasteiger charge is -2.19. The maximum absolute atomic E-state index is 13.4. The van der Waals surface area contributed by atoms with Gasteiger partial charge in [0.05, 0.1) is 17.2 Å². The lowest BCUT2D eigenvalue weighted by molar-refractivity contribution is 0.371. The molecule has 6 nitrogen and oxygen atoms in total. The molecule has 0 aliphatic carbocycles. The van der Waals surface area contributed by atoms with Crippen LogP contribution in [0.5, 0.6) is 0 Å². The second kappa shape index (κ2) is 6.58. The molecule has 0 saturated carbocycles. The van der Waals surface area contributed by atoms with Gasteiger partial charge in [-0.2, -0.15) is 5.10 Å². The molecular weight excluding hydrogens is 356 g/mol. The van der Waals surface area contributed by atoms with Crippen LogP contribution in [0, 0.1) is 12.7 Å². The monoisotopic (exact) mass is 377 g/mol. The van der Waals surface area contributed by atoms with Crippen molar-refractivity contribution in [2.24, 2.45) is 7.05 Å². The van der Waals surface area contributed by atoms with Gasteiger partial charge >= 0.3 is 7.60 Å². The van der Waals surface area contributed by atoms with Gasteiger partial charge in [0.2, 0.25) is 0 Å². The summed E-state index contributed by atoms with van der Waals surface area (Å²) in [5.41, 5.74) is 3.79. The van der Waals surface area contributed by atoms with E-state index in [-0.39, 0.29) is 11.7 Å². The van der Waals surface area contributed by atoms with E-state index in [1.165, 1.54) is 12.1 Å². The molecular formula is C18H21FN3O3P. The molecule has 138 valence electrons. The summed E-state index contributed by atoms with van der Waals surface area (Å²) >= 11 is 0. The van der Waals surface area contributed by atoms with Crippen LogP contribution in [-0.4, -0.2) is 24.6 Å². The van der Waals surface area contributed by atoms with Crippen molar-refractivity contribution in [2.75, 3.05) is 0 Å². The predicted molar refractivity (Wildman–Crippen MR) is 98.5 cm³/mol. The standard InChI is InChI=1S/C18H21FN3O3P/c1-10(2)17-14(9-26(23,24)25)16(12-5-7-13(19)8-6-12)15-11(3)21-22(4)18(15)20-17/h5-8,10H,9H2,1-4H3,(H2,23,24,25). The Morgan fingerprint density at radius 2 is 1.85 bits per heavy atom. The van der Waals surface area contributed by atoms with Crippen molar-refractivity contribution in [3.63, 3.8) is 0 Å². The molecule has 0 saturated heterocycles. The molecule has 8 heteroatoms. The minimum atomic E-state index is -4.34. The minimum Gasteiger partial charge on any atom is -0.324 e.